The molecular formula is C11H22N2O2. The average molecular weight is 214 g/mol. The third-order valence-corrected chi connectivity index (χ3v) is 2.47. The van der Waals surface area contributed by atoms with E-state index in [1.807, 2.05) is 13.8 Å². The molecule has 1 amide bonds. The van der Waals surface area contributed by atoms with Gasteiger partial charge in [0.05, 0.1) is 6.61 Å². The Morgan fingerprint density at radius 2 is 2.13 bits per heavy atom. The third-order valence-electron chi connectivity index (χ3n) is 2.47. The van der Waals surface area contributed by atoms with E-state index in [4.69, 9.17) is 10.5 Å². The van der Waals surface area contributed by atoms with E-state index in [0.29, 0.717) is 13.2 Å². The van der Waals surface area contributed by atoms with Crippen LogP contribution in [-0.4, -0.2) is 31.2 Å². The van der Waals surface area contributed by atoms with Crippen molar-refractivity contribution in [3.8, 4) is 0 Å². The number of ether oxygens (including phenoxy) is 1. The van der Waals surface area contributed by atoms with Crippen LogP contribution in [0.5, 0.6) is 0 Å². The number of hydrogen-bond donors (Lipinski definition) is 2. The summed E-state index contributed by atoms with van der Waals surface area (Å²) >= 11 is 0. The summed E-state index contributed by atoms with van der Waals surface area (Å²) in [6.07, 6.45) is 3.32. The Morgan fingerprint density at radius 3 is 2.60 bits per heavy atom. The SMILES string of the molecule is C=CCNC(=O)COCC(N)(CC)CC. The summed E-state index contributed by atoms with van der Waals surface area (Å²) in [5, 5.41) is 2.63. The first-order chi connectivity index (χ1) is 7.08. The van der Waals surface area contributed by atoms with Crippen molar-refractivity contribution in [3.63, 3.8) is 0 Å². The lowest BCUT2D eigenvalue weighted by atomic mass is 9.96. The smallest absolute Gasteiger partial charge is 0.246 e. The highest BCUT2D eigenvalue weighted by Crippen LogP contribution is 2.10. The number of hydrogen-bond acceptors (Lipinski definition) is 3. The fourth-order valence-electron chi connectivity index (χ4n) is 1.04. The zero-order chi connectivity index (χ0) is 11.7. The van der Waals surface area contributed by atoms with Crippen molar-refractivity contribution < 1.29 is 9.53 Å². The lowest BCUT2D eigenvalue weighted by molar-refractivity contribution is -0.126. The Balaban J connectivity index is 3.68. The van der Waals surface area contributed by atoms with Gasteiger partial charge in [0, 0.05) is 12.1 Å². The van der Waals surface area contributed by atoms with Crippen LogP contribution in [0.3, 0.4) is 0 Å². The van der Waals surface area contributed by atoms with Gasteiger partial charge in [0.15, 0.2) is 0 Å². The normalized spacial score (nSPS) is 11.1. The summed E-state index contributed by atoms with van der Waals surface area (Å²) in [7, 11) is 0. The van der Waals surface area contributed by atoms with Gasteiger partial charge in [-0.05, 0) is 12.8 Å². The van der Waals surface area contributed by atoms with E-state index >= 15 is 0 Å². The van der Waals surface area contributed by atoms with Gasteiger partial charge in [0.1, 0.15) is 6.61 Å². The Labute approximate surface area is 91.9 Å². The van der Waals surface area contributed by atoms with Gasteiger partial charge in [-0.15, -0.1) is 6.58 Å². The largest absolute Gasteiger partial charge is 0.370 e. The van der Waals surface area contributed by atoms with Crippen LogP contribution in [0.15, 0.2) is 12.7 Å². The van der Waals surface area contributed by atoms with Crippen molar-refractivity contribution in [1.29, 1.82) is 0 Å². The zero-order valence-electron chi connectivity index (χ0n) is 9.71. The highest BCUT2D eigenvalue weighted by Gasteiger charge is 2.20. The zero-order valence-corrected chi connectivity index (χ0v) is 9.71. The van der Waals surface area contributed by atoms with E-state index in [1.165, 1.54) is 0 Å². The maximum Gasteiger partial charge on any atom is 0.246 e. The molecule has 0 spiro atoms. The maximum atomic E-state index is 11.1. The molecule has 88 valence electrons. The molecule has 0 aliphatic carbocycles. The minimum absolute atomic E-state index is 0.0623. The maximum absolute atomic E-state index is 11.1. The first kappa shape index (κ1) is 14.1. The molecule has 0 rings (SSSR count). The van der Waals surface area contributed by atoms with Crippen molar-refractivity contribution in [2.75, 3.05) is 19.8 Å². The summed E-state index contributed by atoms with van der Waals surface area (Å²) in [5.74, 6) is -0.135. The van der Waals surface area contributed by atoms with Gasteiger partial charge in [-0.25, -0.2) is 0 Å². The molecule has 4 heteroatoms. The van der Waals surface area contributed by atoms with E-state index in [9.17, 15) is 4.79 Å². The van der Waals surface area contributed by atoms with Crippen molar-refractivity contribution in [2.24, 2.45) is 5.73 Å². The number of carbonyl (C=O) groups is 1. The van der Waals surface area contributed by atoms with Gasteiger partial charge in [-0.2, -0.15) is 0 Å². The lowest BCUT2D eigenvalue weighted by Crippen LogP contribution is -2.44. The molecule has 4 nitrogen and oxygen atoms in total. The predicted molar refractivity (Wildman–Crippen MR) is 61.5 cm³/mol. The van der Waals surface area contributed by atoms with Crippen LogP contribution in [0.1, 0.15) is 26.7 Å². The second kappa shape index (κ2) is 7.43. The van der Waals surface area contributed by atoms with Crippen LogP contribution in [0.2, 0.25) is 0 Å². The van der Waals surface area contributed by atoms with Crippen molar-refractivity contribution in [2.45, 2.75) is 32.2 Å². The molecular weight excluding hydrogens is 192 g/mol. The quantitative estimate of drug-likeness (QED) is 0.588. The molecule has 3 N–H and O–H groups in total. The average Bonchev–Trinajstić information content (AvgIpc) is 2.26. The summed E-state index contributed by atoms with van der Waals surface area (Å²) < 4.78 is 5.27. The monoisotopic (exact) mass is 214 g/mol. The first-order valence-electron chi connectivity index (χ1n) is 5.32. The molecule has 0 heterocycles. The van der Waals surface area contributed by atoms with Crippen molar-refractivity contribution >= 4 is 5.91 Å². The van der Waals surface area contributed by atoms with Crippen LogP contribution in [0.25, 0.3) is 0 Å². The summed E-state index contributed by atoms with van der Waals surface area (Å²) in [6.45, 7) is 8.49. The molecule has 0 aliphatic heterocycles. The van der Waals surface area contributed by atoms with Gasteiger partial charge in [-0.1, -0.05) is 19.9 Å². The standard InChI is InChI=1S/C11H22N2O2/c1-4-7-13-10(14)8-15-9-11(12,5-2)6-3/h4H,1,5-9,12H2,2-3H3,(H,13,14). The van der Waals surface area contributed by atoms with Gasteiger partial charge in [0.2, 0.25) is 5.91 Å². The number of carbonyl (C=O) groups excluding carboxylic acids is 1. The second-order valence-electron chi connectivity index (χ2n) is 3.66. The van der Waals surface area contributed by atoms with Crippen molar-refractivity contribution in [3.05, 3.63) is 12.7 Å². The van der Waals surface area contributed by atoms with Crippen LogP contribution in [0, 0.1) is 0 Å². The molecule has 0 bridgehead atoms. The van der Waals surface area contributed by atoms with E-state index < -0.39 is 0 Å². The Kier molecular flexibility index (Phi) is 6.99. The first-order valence-corrected chi connectivity index (χ1v) is 5.32. The third kappa shape index (κ3) is 6.25. The highest BCUT2D eigenvalue weighted by molar-refractivity contribution is 5.77. The molecule has 0 aromatic heterocycles. The fourth-order valence-corrected chi connectivity index (χ4v) is 1.04. The molecule has 0 saturated heterocycles. The summed E-state index contributed by atoms with van der Waals surface area (Å²) in [5.41, 5.74) is 5.70. The van der Waals surface area contributed by atoms with Crippen LogP contribution < -0.4 is 11.1 Å². The molecule has 0 aromatic rings. The van der Waals surface area contributed by atoms with Crippen LogP contribution in [-0.2, 0) is 9.53 Å². The number of nitrogens with one attached hydrogen (secondary N) is 1. The molecule has 15 heavy (non-hydrogen) atoms. The van der Waals surface area contributed by atoms with E-state index in [2.05, 4.69) is 11.9 Å². The topological polar surface area (TPSA) is 64.3 Å². The minimum atomic E-state index is -0.307. The molecule has 0 saturated carbocycles. The molecule has 0 atom stereocenters. The number of rotatable bonds is 8. The predicted octanol–water partition coefficient (Wildman–Crippen LogP) is 0.823. The minimum Gasteiger partial charge on any atom is -0.370 e. The van der Waals surface area contributed by atoms with Crippen LogP contribution in [0.4, 0.5) is 0 Å². The summed E-state index contributed by atoms with van der Waals surface area (Å²) in [4.78, 5) is 11.1. The van der Waals surface area contributed by atoms with Gasteiger partial charge >= 0.3 is 0 Å². The van der Waals surface area contributed by atoms with E-state index in [0.717, 1.165) is 12.8 Å². The second-order valence-corrected chi connectivity index (χ2v) is 3.66. The van der Waals surface area contributed by atoms with Gasteiger partial charge in [-0.3, -0.25) is 4.79 Å². The molecule has 0 aliphatic rings. The van der Waals surface area contributed by atoms with Gasteiger partial charge in [0.25, 0.3) is 0 Å². The molecule has 0 fully saturated rings. The Hall–Kier alpha value is -0.870. The van der Waals surface area contributed by atoms with Crippen molar-refractivity contribution in [1.82, 2.24) is 5.32 Å². The van der Waals surface area contributed by atoms with E-state index in [-0.39, 0.29) is 18.1 Å². The Morgan fingerprint density at radius 1 is 1.53 bits per heavy atom. The Bertz CT molecular complexity index is 201. The summed E-state index contributed by atoms with van der Waals surface area (Å²) in [6, 6.07) is 0. The number of amides is 1. The molecule has 0 radical (unpaired) electrons. The van der Waals surface area contributed by atoms with Gasteiger partial charge < -0.3 is 15.8 Å². The van der Waals surface area contributed by atoms with Crippen LogP contribution >= 0.6 is 0 Å². The van der Waals surface area contributed by atoms with E-state index in [1.54, 1.807) is 6.08 Å². The molecule has 0 aromatic carbocycles. The number of nitrogens with two attached hydrogens (primary N) is 1. The molecule has 0 unspecified atom stereocenters. The highest BCUT2D eigenvalue weighted by atomic mass is 16.5. The lowest BCUT2D eigenvalue weighted by Gasteiger charge is -2.25. The fraction of sp³-hybridized carbons (Fsp3) is 0.727.